The molecule has 0 spiro atoms. The van der Waals surface area contributed by atoms with Crippen molar-refractivity contribution in [2.24, 2.45) is 11.8 Å². The third-order valence-corrected chi connectivity index (χ3v) is 5.64. The van der Waals surface area contributed by atoms with Crippen LogP contribution in [0.3, 0.4) is 0 Å². The van der Waals surface area contributed by atoms with Gasteiger partial charge in [0.2, 0.25) is 0 Å². The third-order valence-electron chi connectivity index (χ3n) is 4.32. The van der Waals surface area contributed by atoms with Crippen LogP contribution in [-0.2, 0) is 9.53 Å². The van der Waals surface area contributed by atoms with Gasteiger partial charge in [-0.1, -0.05) is 31.1 Å². The molecule has 118 valence electrons. The molecule has 2 rings (SSSR count). The molecule has 0 aromatic rings. The van der Waals surface area contributed by atoms with Gasteiger partial charge in [-0.05, 0) is 49.0 Å². The van der Waals surface area contributed by atoms with Crippen LogP contribution in [0.4, 0.5) is 0 Å². The normalized spacial score (nSPS) is 27.2. The van der Waals surface area contributed by atoms with Gasteiger partial charge in [0.15, 0.2) is 0 Å². The van der Waals surface area contributed by atoms with Crippen molar-refractivity contribution in [3.63, 3.8) is 0 Å². The molecule has 0 amide bonds. The molecule has 21 heavy (non-hydrogen) atoms. The highest BCUT2D eigenvalue weighted by atomic mass is 32.2. The van der Waals surface area contributed by atoms with Crippen LogP contribution in [0, 0.1) is 11.8 Å². The zero-order valence-electron chi connectivity index (χ0n) is 12.6. The average molecular weight is 310 g/mol. The van der Waals surface area contributed by atoms with Crippen molar-refractivity contribution in [1.82, 2.24) is 0 Å². The predicted molar refractivity (Wildman–Crippen MR) is 87.7 cm³/mol. The highest BCUT2D eigenvalue weighted by Gasteiger charge is 2.28. The molecule has 1 saturated heterocycles. The van der Waals surface area contributed by atoms with E-state index in [1.807, 2.05) is 11.8 Å². The van der Waals surface area contributed by atoms with Gasteiger partial charge in [-0.3, -0.25) is 0 Å². The Balaban J connectivity index is 1.64. The highest BCUT2D eigenvalue weighted by Crippen LogP contribution is 2.34. The molecule has 2 fully saturated rings. The second-order valence-corrected chi connectivity index (χ2v) is 7.06. The Bertz CT molecular complexity index is 372. The van der Waals surface area contributed by atoms with E-state index in [4.69, 9.17) is 9.84 Å². The van der Waals surface area contributed by atoms with E-state index in [9.17, 15) is 4.79 Å². The van der Waals surface area contributed by atoms with E-state index in [0.29, 0.717) is 18.4 Å². The van der Waals surface area contributed by atoms with E-state index >= 15 is 0 Å². The maximum absolute atomic E-state index is 10.3. The molecule has 0 bridgehead atoms. The molecular weight excluding hydrogens is 284 g/mol. The number of hydrogen-bond donors (Lipinski definition) is 1. The van der Waals surface area contributed by atoms with E-state index < -0.39 is 5.97 Å². The second-order valence-electron chi connectivity index (χ2n) is 5.98. The molecular formula is C17H26O3S. The topological polar surface area (TPSA) is 46.5 Å². The van der Waals surface area contributed by atoms with Crippen LogP contribution in [0.25, 0.3) is 0 Å². The number of hydrogen-bond acceptors (Lipinski definition) is 3. The Kier molecular flexibility index (Phi) is 7.37. The third kappa shape index (κ3) is 6.27. The van der Waals surface area contributed by atoms with Crippen LogP contribution in [0.2, 0.25) is 0 Å². The molecule has 2 aliphatic rings. The number of ether oxygens (including phenoxy) is 1. The number of carboxylic acid groups (broad SMARTS) is 1. The summed E-state index contributed by atoms with van der Waals surface area (Å²) < 4.78 is 6.07. The lowest BCUT2D eigenvalue weighted by molar-refractivity contribution is -0.131. The lowest BCUT2D eigenvalue weighted by atomic mass is 9.93. The van der Waals surface area contributed by atoms with Crippen molar-refractivity contribution < 1.29 is 14.6 Å². The maximum Gasteiger partial charge on any atom is 0.327 e. The monoisotopic (exact) mass is 310 g/mol. The van der Waals surface area contributed by atoms with Crippen LogP contribution in [0.1, 0.15) is 38.5 Å². The summed E-state index contributed by atoms with van der Waals surface area (Å²) in [7, 11) is 0. The van der Waals surface area contributed by atoms with Crippen molar-refractivity contribution in [3.8, 4) is 0 Å². The number of aliphatic carboxylic acids is 1. The van der Waals surface area contributed by atoms with Crippen LogP contribution >= 0.6 is 11.8 Å². The van der Waals surface area contributed by atoms with Crippen molar-refractivity contribution in [1.29, 1.82) is 0 Å². The fraction of sp³-hybridized carbons (Fsp3) is 0.706. The minimum absolute atomic E-state index is 0.521. The van der Waals surface area contributed by atoms with Crippen LogP contribution in [0.15, 0.2) is 24.3 Å². The predicted octanol–water partition coefficient (Wildman–Crippen LogP) is 3.90. The second kappa shape index (κ2) is 9.31. The summed E-state index contributed by atoms with van der Waals surface area (Å²) in [5.41, 5.74) is 0. The van der Waals surface area contributed by atoms with Gasteiger partial charge < -0.3 is 9.84 Å². The van der Waals surface area contributed by atoms with E-state index in [-0.39, 0.29) is 0 Å². The fourth-order valence-corrected chi connectivity index (χ4v) is 4.54. The fourth-order valence-electron chi connectivity index (χ4n) is 3.02. The quantitative estimate of drug-likeness (QED) is 0.545. The first kappa shape index (κ1) is 16.6. The first-order chi connectivity index (χ1) is 10.3. The van der Waals surface area contributed by atoms with Crippen molar-refractivity contribution in [2.75, 3.05) is 18.1 Å². The molecule has 0 radical (unpaired) electrons. The molecule has 0 aromatic heterocycles. The Morgan fingerprint density at radius 3 is 2.67 bits per heavy atom. The molecule has 4 heteroatoms. The molecule has 1 N–H and O–H groups in total. The number of thioether (sulfide) groups is 1. The number of rotatable bonds is 8. The number of carboxylic acids is 1. The molecule has 1 heterocycles. The first-order valence-electron chi connectivity index (χ1n) is 7.99. The largest absolute Gasteiger partial charge is 0.478 e. The zero-order chi connectivity index (χ0) is 14.9. The smallest absolute Gasteiger partial charge is 0.327 e. The Hall–Kier alpha value is -0.740. The summed E-state index contributed by atoms with van der Waals surface area (Å²) in [6.07, 6.45) is 14.6. The molecule has 0 unspecified atom stereocenters. The number of allylic oxidation sites excluding steroid dienone is 3. The van der Waals surface area contributed by atoms with Crippen molar-refractivity contribution in [2.45, 2.75) is 44.6 Å². The maximum atomic E-state index is 10.3. The van der Waals surface area contributed by atoms with Gasteiger partial charge in [-0.25, -0.2) is 4.79 Å². The van der Waals surface area contributed by atoms with Crippen LogP contribution in [-0.4, -0.2) is 35.3 Å². The van der Waals surface area contributed by atoms with E-state index in [0.717, 1.165) is 18.9 Å². The number of carbonyl (C=O) groups is 1. The molecule has 3 nitrogen and oxygen atoms in total. The minimum atomic E-state index is -0.875. The highest BCUT2D eigenvalue weighted by molar-refractivity contribution is 7.99. The first-order valence-corrected chi connectivity index (χ1v) is 9.15. The van der Waals surface area contributed by atoms with E-state index in [1.54, 1.807) is 6.08 Å². The summed E-state index contributed by atoms with van der Waals surface area (Å²) in [6, 6.07) is 0. The molecule has 1 saturated carbocycles. The van der Waals surface area contributed by atoms with Gasteiger partial charge >= 0.3 is 5.97 Å². The molecule has 1 aliphatic carbocycles. The Labute approximate surface area is 131 Å². The van der Waals surface area contributed by atoms with E-state index in [1.165, 1.54) is 43.3 Å². The summed E-state index contributed by atoms with van der Waals surface area (Å²) in [4.78, 5) is 10.3. The molecule has 2 atom stereocenters. The van der Waals surface area contributed by atoms with Gasteiger partial charge in [-0.2, -0.15) is 11.8 Å². The van der Waals surface area contributed by atoms with Gasteiger partial charge in [0.1, 0.15) is 0 Å². The van der Waals surface area contributed by atoms with Gasteiger partial charge in [-0.15, -0.1) is 0 Å². The average Bonchev–Trinajstić information content (AvgIpc) is 3.11. The van der Waals surface area contributed by atoms with Gasteiger partial charge in [0, 0.05) is 6.08 Å². The SMILES string of the molecule is O=C(O)C=CCC=CC[C@H]1CSC[C@H]1COC1CCCC1. The molecule has 0 aromatic carbocycles. The Morgan fingerprint density at radius 1 is 1.14 bits per heavy atom. The lowest BCUT2D eigenvalue weighted by Crippen LogP contribution is -2.21. The zero-order valence-corrected chi connectivity index (χ0v) is 13.4. The summed E-state index contributed by atoms with van der Waals surface area (Å²) in [5, 5.41) is 8.50. The van der Waals surface area contributed by atoms with E-state index in [2.05, 4.69) is 12.2 Å². The summed E-state index contributed by atoms with van der Waals surface area (Å²) >= 11 is 2.04. The van der Waals surface area contributed by atoms with Gasteiger partial charge in [0.05, 0.1) is 12.7 Å². The minimum Gasteiger partial charge on any atom is -0.478 e. The van der Waals surface area contributed by atoms with Crippen molar-refractivity contribution >= 4 is 17.7 Å². The van der Waals surface area contributed by atoms with Gasteiger partial charge in [0.25, 0.3) is 0 Å². The van der Waals surface area contributed by atoms with Crippen LogP contribution in [0.5, 0.6) is 0 Å². The van der Waals surface area contributed by atoms with Crippen LogP contribution < -0.4 is 0 Å². The van der Waals surface area contributed by atoms with Crippen molar-refractivity contribution in [3.05, 3.63) is 24.3 Å². The summed E-state index contributed by atoms with van der Waals surface area (Å²) in [6.45, 7) is 0.926. The Morgan fingerprint density at radius 2 is 1.90 bits per heavy atom. The standard InChI is InChI=1S/C17H26O3S/c18-17(19)10-4-2-1-3-7-14-12-21-13-15(14)11-20-16-8-5-6-9-16/h1,3-4,10,14-16H,2,5-9,11-13H2,(H,18,19)/t14-,15+/m0/s1. The molecule has 1 aliphatic heterocycles. The lowest BCUT2D eigenvalue weighted by Gasteiger charge is -2.20. The summed E-state index contributed by atoms with van der Waals surface area (Å²) in [5.74, 6) is 2.99.